The first-order valence-electron chi connectivity index (χ1n) is 8.13. The van der Waals surface area contributed by atoms with Crippen LogP contribution in [0.15, 0.2) is 42.5 Å². The van der Waals surface area contributed by atoms with Crippen molar-refractivity contribution in [2.24, 2.45) is 0 Å². The third-order valence-corrected chi connectivity index (χ3v) is 3.99. The normalized spacial score (nSPS) is 13.2. The lowest BCUT2D eigenvalue weighted by Gasteiger charge is -2.29. The van der Waals surface area contributed by atoms with Gasteiger partial charge in [-0.15, -0.1) is 0 Å². The van der Waals surface area contributed by atoms with E-state index in [0.717, 1.165) is 11.3 Å². The Balaban J connectivity index is 1.59. The van der Waals surface area contributed by atoms with Gasteiger partial charge in [-0.3, -0.25) is 9.59 Å². The monoisotopic (exact) mass is 342 g/mol. The molecule has 0 radical (unpaired) electrons. The van der Waals surface area contributed by atoms with Crippen LogP contribution in [-0.2, 0) is 9.59 Å². The summed E-state index contributed by atoms with van der Waals surface area (Å²) in [5.41, 5.74) is 1.92. The first-order chi connectivity index (χ1) is 12.0. The Morgan fingerprint density at radius 2 is 2.08 bits per heavy atom. The zero-order valence-corrected chi connectivity index (χ0v) is 13.9. The van der Waals surface area contributed by atoms with Crippen LogP contribution >= 0.6 is 0 Å². The largest absolute Gasteiger partial charge is 0.482 e. The number of benzene rings is 2. The van der Waals surface area contributed by atoms with E-state index < -0.39 is 5.82 Å². The van der Waals surface area contributed by atoms with Crippen LogP contribution in [0.4, 0.5) is 15.8 Å². The van der Waals surface area contributed by atoms with E-state index in [0.29, 0.717) is 18.7 Å². The van der Waals surface area contributed by atoms with E-state index in [2.05, 4.69) is 5.32 Å². The van der Waals surface area contributed by atoms with Gasteiger partial charge in [-0.2, -0.15) is 0 Å². The predicted molar refractivity (Wildman–Crippen MR) is 93.3 cm³/mol. The van der Waals surface area contributed by atoms with Gasteiger partial charge >= 0.3 is 0 Å². The Labute approximate surface area is 145 Å². The van der Waals surface area contributed by atoms with Crippen LogP contribution in [0.5, 0.6) is 5.75 Å². The van der Waals surface area contributed by atoms with E-state index in [1.54, 1.807) is 17.0 Å². The number of fused-ring (bicyclic) bond motifs is 1. The second-order valence-corrected chi connectivity index (χ2v) is 5.94. The number of para-hydroxylation sites is 1. The van der Waals surface area contributed by atoms with Crippen molar-refractivity contribution in [3.05, 3.63) is 53.8 Å². The number of hydrogen-bond acceptors (Lipinski definition) is 3. The summed E-state index contributed by atoms with van der Waals surface area (Å²) in [5.74, 6) is -0.215. The average Bonchev–Trinajstić information content (AvgIpc) is 2.59. The first kappa shape index (κ1) is 17.0. The Kier molecular flexibility index (Phi) is 4.97. The van der Waals surface area contributed by atoms with E-state index in [9.17, 15) is 14.0 Å². The molecule has 1 N–H and O–H groups in total. The van der Waals surface area contributed by atoms with Crippen molar-refractivity contribution < 1.29 is 18.7 Å². The van der Waals surface area contributed by atoms with Crippen molar-refractivity contribution in [1.82, 2.24) is 0 Å². The molecule has 2 aromatic rings. The van der Waals surface area contributed by atoms with Gasteiger partial charge in [0.2, 0.25) is 5.91 Å². The molecule has 25 heavy (non-hydrogen) atoms. The minimum Gasteiger partial charge on any atom is -0.482 e. The molecule has 0 spiro atoms. The van der Waals surface area contributed by atoms with Gasteiger partial charge < -0.3 is 15.0 Å². The lowest BCUT2D eigenvalue weighted by Crippen LogP contribution is -2.39. The molecule has 2 aromatic carbocycles. The van der Waals surface area contributed by atoms with Crippen molar-refractivity contribution in [1.29, 1.82) is 0 Å². The predicted octanol–water partition coefficient (Wildman–Crippen LogP) is 3.28. The van der Waals surface area contributed by atoms with Crippen molar-refractivity contribution in [3.8, 4) is 5.75 Å². The van der Waals surface area contributed by atoms with Gasteiger partial charge in [0.1, 0.15) is 11.6 Å². The molecule has 1 heterocycles. The van der Waals surface area contributed by atoms with Crippen LogP contribution in [0.3, 0.4) is 0 Å². The molecule has 0 saturated heterocycles. The number of nitrogens with one attached hydrogen (secondary N) is 1. The maximum atomic E-state index is 13.5. The molecule has 0 saturated carbocycles. The molecule has 3 rings (SSSR count). The van der Waals surface area contributed by atoms with E-state index in [-0.39, 0.29) is 30.5 Å². The van der Waals surface area contributed by atoms with Gasteiger partial charge in [-0.1, -0.05) is 18.2 Å². The Morgan fingerprint density at radius 1 is 1.28 bits per heavy atom. The van der Waals surface area contributed by atoms with Crippen molar-refractivity contribution in [2.75, 3.05) is 23.4 Å². The highest BCUT2D eigenvalue weighted by molar-refractivity contribution is 5.98. The number of ether oxygens (including phenoxy) is 1. The topological polar surface area (TPSA) is 58.6 Å². The van der Waals surface area contributed by atoms with Gasteiger partial charge in [-0.05, 0) is 43.2 Å². The Morgan fingerprint density at radius 3 is 2.88 bits per heavy atom. The lowest BCUT2D eigenvalue weighted by atomic mass is 10.1. The summed E-state index contributed by atoms with van der Waals surface area (Å²) in [6, 6.07) is 11.7. The average molecular weight is 342 g/mol. The number of aryl methyl sites for hydroxylation is 1. The summed E-state index contributed by atoms with van der Waals surface area (Å²) < 4.78 is 19.0. The standard InChI is InChI=1S/C19H19FN2O3/c1-13-8-9-17-16(11-13)22(19(24)12-25-17)10-4-7-18(23)21-15-6-3-2-5-14(15)20/h2-3,5-6,8-9,11H,4,7,10,12H2,1H3,(H,21,23). The molecule has 0 atom stereocenters. The summed E-state index contributed by atoms with van der Waals surface area (Å²) in [7, 11) is 0. The third-order valence-electron chi connectivity index (χ3n) is 3.99. The number of carbonyl (C=O) groups is 2. The fourth-order valence-electron chi connectivity index (χ4n) is 2.73. The van der Waals surface area contributed by atoms with Gasteiger partial charge in [-0.25, -0.2) is 4.39 Å². The van der Waals surface area contributed by atoms with Crippen LogP contribution < -0.4 is 15.0 Å². The number of nitrogens with zero attached hydrogens (tertiary/aromatic N) is 1. The molecule has 130 valence electrons. The number of halogens is 1. The van der Waals surface area contributed by atoms with E-state index in [1.165, 1.54) is 12.1 Å². The molecule has 0 unspecified atom stereocenters. The van der Waals surface area contributed by atoms with E-state index in [1.807, 2.05) is 25.1 Å². The minimum atomic E-state index is -0.469. The number of carbonyl (C=O) groups excluding carboxylic acids is 2. The highest BCUT2D eigenvalue weighted by atomic mass is 19.1. The molecule has 0 aromatic heterocycles. The van der Waals surface area contributed by atoms with Crippen molar-refractivity contribution in [2.45, 2.75) is 19.8 Å². The number of rotatable bonds is 5. The molecule has 0 fully saturated rings. The SMILES string of the molecule is Cc1ccc2c(c1)N(CCCC(=O)Nc1ccccc1F)C(=O)CO2. The van der Waals surface area contributed by atoms with Crippen LogP contribution in [0.1, 0.15) is 18.4 Å². The second kappa shape index (κ2) is 7.34. The fraction of sp³-hybridized carbons (Fsp3) is 0.263. The molecule has 2 amide bonds. The number of hydrogen-bond donors (Lipinski definition) is 1. The van der Waals surface area contributed by atoms with Gasteiger partial charge in [0.25, 0.3) is 5.91 Å². The fourth-order valence-corrected chi connectivity index (χ4v) is 2.73. The maximum Gasteiger partial charge on any atom is 0.265 e. The summed E-state index contributed by atoms with van der Waals surface area (Å²) in [6.45, 7) is 2.35. The van der Waals surface area contributed by atoms with Crippen LogP contribution in [0.2, 0.25) is 0 Å². The number of amides is 2. The van der Waals surface area contributed by atoms with Gasteiger partial charge in [0.15, 0.2) is 6.61 Å². The molecular formula is C19H19FN2O3. The Bertz CT molecular complexity index is 807. The third kappa shape index (κ3) is 3.96. The quantitative estimate of drug-likeness (QED) is 0.907. The van der Waals surface area contributed by atoms with Crippen molar-refractivity contribution >= 4 is 23.2 Å². The van der Waals surface area contributed by atoms with E-state index in [4.69, 9.17) is 4.74 Å². The second-order valence-electron chi connectivity index (χ2n) is 5.94. The van der Waals surface area contributed by atoms with Gasteiger partial charge in [0, 0.05) is 13.0 Å². The molecule has 1 aliphatic rings. The number of anilines is 2. The van der Waals surface area contributed by atoms with Crippen molar-refractivity contribution in [3.63, 3.8) is 0 Å². The molecule has 5 nitrogen and oxygen atoms in total. The molecule has 1 aliphatic heterocycles. The van der Waals surface area contributed by atoms with Crippen LogP contribution in [0.25, 0.3) is 0 Å². The van der Waals surface area contributed by atoms with Crippen LogP contribution in [0, 0.1) is 12.7 Å². The smallest absolute Gasteiger partial charge is 0.265 e. The highest BCUT2D eigenvalue weighted by Crippen LogP contribution is 2.33. The Hall–Kier alpha value is -2.89. The van der Waals surface area contributed by atoms with E-state index >= 15 is 0 Å². The maximum absolute atomic E-state index is 13.5. The first-order valence-corrected chi connectivity index (χ1v) is 8.13. The summed E-state index contributed by atoms with van der Waals surface area (Å²) in [5, 5.41) is 2.55. The molecular weight excluding hydrogens is 323 g/mol. The highest BCUT2D eigenvalue weighted by Gasteiger charge is 2.25. The summed E-state index contributed by atoms with van der Waals surface area (Å²) >= 11 is 0. The van der Waals surface area contributed by atoms with Crippen LogP contribution in [-0.4, -0.2) is 25.0 Å². The zero-order valence-electron chi connectivity index (χ0n) is 13.9. The summed E-state index contributed by atoms with van der Waals surface area (Å²) in [6.07, 6.45) is 0.666. The van der Waals surface area contributed by atoms with Gasteiger partial charge in [0.05, 0.1) is 11.4 Å². The summed E-state index contributed by atoms with van der Waals surface area (Å²) in [4.78, 5) is 25.8. The molecule has 6 heteroatoms. The minimum absolute atomic E-state index is 0.00250. The zero-order chi connectivity index (χ0) is 17.8. The lowest BCUT2D eigenvalue weighted by molar-refractivity contribution is -0.121. The molecule has 0 bridgehead atoms. The molecule has 0 aliphatic carbocycles.